The molecule has 0 aliphatic heterocycles. The van der Waals surface area contributed by atoms with E-state index in [1.807, 2.05) is 76.5 Å². The van der Waals surface area contributed by atoms with Gasteiger partial charge < -0.3 is 5.32 Å². The third-order valence-electron chi connectivity index (χ3n) is 3.32. The van der Waals surface area contributed by atoms with Crippen molar-refractivity contribution in [2.24, 2.45) is 9.98 Å². The van der Waals surface area contributed by atoms with E-state index in [4.69, 9.17) is 0 Å². The summed E-state index contributed by atoms with van der Waals surface area (Å²) in [4.78, 5) is 21.2. The summed E-state index contributed by atoms with van der Waals surface area (Å²) in [5, 5.41) is 2.95. The number of nitrogens with zero attached hydrogens (tertiary/aromatic N) is 2. The first-order valence-electron chi connectivity index (χ1n) is 8.52. The van der Waals surface area contributed by atoms with Gasteiger partial charge in [0.25, 0.3) is 5.91 Å². The monoisotopic (exact) mass is 335 g/mol. The fraction of sp³-hybridized carbons (Fsp3) is 0.286. The zero-order valence-corrected chi connectivity index (χ0v) is 15.2. The minimum Gasteiger partial charge on any atom is -0.322 e. The van der Waals surface area contributed by atoms with E-state index in [0.29, 0.717) is 5.56 Å². The van der Waals surface area contributed by atoms with E-state index < -0.39 is 0 Å². The van der Waals surface area contributed by atoms with Crippen LogP contribution in [0.2, 0.25) is 0 Å². The van der Waals surface area contributed by atoms with Gasteiger partial charge in [0.1, 0.15) is 0 Å². The summed E-state index contributed by atoms with van der Waals surface area (Å²) in [6.07, 6.45) is 3.66. The molecule has 0 heterocycles. The van der Waals surface area contributed by atoms with Crippen molar-refractivity contribution in [2.45, 2.75) is 39.8 Å². The van der Waals surface area contributed by atoms with Crippen LogP contribution in [0.15, 0.2) is 58.5 Å². The van der Waals surface area contributed by atoms with E-state index >= 15 is 0 Å². The van der Waals surface area contributed by atoms with Gasteiger partial charge in [-0.1, -0.05) is 18.2 Å². The van der Waals surface area contributed by atoms with Gasteiger partial charge >= 0.3 is 0 Å². The van der Waals surface area contributed by atoms with E-state index in [0.717, 1.165) is 16.8 Å². The van der Waals surface area contributed by atoms with Gasteiger partial charge in [0.2, 0.25) is 0 Å². The first-order chi connectivity index (χ1) is 11.9. The minimum absolute atomic E-state index is 0.134. The molecule has 0 atom stereocenters. The number of anilines is 1. The van der Waals surface area contributed by atoms with Crippen molar-refractivity contribution in [3.63, 3.8) is 0 Å². The number of hydrogen-bond donors (Lipinski definition) is 1. The molecular weight excluding hydrogens is 310 g/mol. The fourth-order valence-electron chi connectivity index (χ4n) is 2.16. The second-order valence-corrected chi connectivity index (χ2v) is 6.45. The van der Waals surface area contributed by atoms with Crippen molar-refractivity contribution in [2.75, 3.05) is 5.32 Å². The molecule has 130 valence electrons. The van der Waals surface area contributed by atoms with Crippen molar-refractivity contribution >= 4 is 24.0 Å². The van der Waals surface area contributed by atoms with Gasteiger partial charge in [-0.15, -0.1) is 0 Å². The van der Waals surface area contributed by atoms with E-state index in [2.05, 4.69) is 15.3 Å². The first-order valence-corrected chi connectivity index (χ1v) is 8.52. The molecule has 0 saturated carbocycles. The molecular formula is C21H25N3O. The number of nitrogens with one attached hydrogen (secondary N) is 1. The number of hydrogen-bond acceptors (Lipinski definition) is 3. The highest BCUT2D eigenvalue weighted by Crippen LogP contribution is 2.15. The molecule has 4 nitrogen and oxygen atoms in total. The second kappa shape index (κ2) is 8.92. The van der Waals surface area contributed by atoms with Crippen molar-refractivity contribution in [3.05, 3.63) is 65.2 Å². The van der Waals surface area contributed by atoms with Crippen LogP contribution in [0.3, 0.4) is 0 Å². The van der Waals surface area contributed by atoms with Gasteiger partial charge in [-0.05, 0) is 69.2 Å². The van der Waals surface area contributed by atoms with Gasteiger partial charge in [-0.25, -0.2) is 0 Å². The molecule has 0 fully saturated rings. The normalized spacial score (nSPS) is 11.8. The number of benzene rings is 2. The van der Waals surface area contributed by atoms with E-state index in [-0.39, 0.29) is 18.0 Å². The van der Waals surface area contributed by atoms with E-state index in [1.165, 1.54) is 0 Å². The second-order valence-electron chi connectivity index (χ2n) is 6.45. The van der Waals surface area contributed by atoms with Gasteiger partial charge in [-0.3, -0.25) is 14.8 Å². The number of aliphatic imine (C=N–C) groups is 2. The predicted octanol–water partition coefficient (Wildman–Crippen LogP) is 4.59. The molecule has 1 amide bonds. The lowest BCUT2D eigenvalue weighted by atomic mass is 10.1. The van der Waals surface area contributed by atoms with E-state index in [1.54, 1.807) is 12.1 Å². The quantitative estimate of drug-likeness (QED) is 0.771. The third kappa shape index (κ3) is 6.34. The lowest BCUT2D eigenvalue weighted by molar-refractivity contribution is 0.102. The number of carbonyl (C=O) groups is 1. The summed E-state index contributed by atoms with van der Waals surface area (Å²) in [6.45, 7) is 8.11. The number of carbonyl (C=O) groups excluding carboxylic acids is 1. The summed E-state index contributed by atoms with van der Waals surface area (Å²) < 4.78 is 0. The van der Waals surface area contributed by atoms with E-state index in [9.17, 15) is 4.79 Å². The highest BCUT2D eigenvalue weighted by atomic mass is 16.1. The summed E-state index contributed by atoms with van der Waals surface area (Å²) in [6, 6.07) is 15.4. The maximum absolute atomic E-state index is 12.4. The molecule has 0 aromatic heterocycles. The van der Waals surface area contributed by atoms with Gasteiger partial charge in [0.15, 0.2) is 0 Å². The molecule has 0 aliphatic carbocycles. The molecule has 0 bridgehead atoms. The molecule has 2 aromatic rings. The van der Waals surface area contributed by atoms with Crippen LogP contribution in [0.5, 0.6) is 0 Å². The zero-order chi connectivity index (χ0) is 18.2. The van der Waals surface area contributed by atoms with Crippen LogP contribution in [0.1, 0.15) is 49.2 Å². The Bertz CT molecular complexity index is 726. The fourth-order valence-corrected chi connectivity index (χ4v) is 2.16. The van der Waals surface area contributed by atoms with Crippen molar-refractivity contribution in [1.82, 2.24) is 0 Å². The SMILES string of the molecule is CC(C)N=Cc1cc(C=NC(C)C)cc(NC(=O)c2ccccc2)c1. The molecule has 1 N–H and O–H groups in total. The highest BCUT2D eigenvalue weighted by molar-refractivity contribution is 6.05. The summed E-state index contributed by atoms with van der Waals surface area (Å²) in [5.74, 6) is -0.134. The topological polar surface area (TPSA) is 53.8 Å². The van der Waals surface area contributed by atoms with Gasteiger partial charge in [0, 0.05) is 35.8 Å². The van der Waals surface area contributed by atoms with Crippen molar-refractivity contribution in [3.8, 4) is 0 Å². The van der Waals surface area contributed by atoms with Crippen LogP contribution in [0, 0.1) is 0 Å². The molecule has 0 saturated heterocycles. The average Bonchev–Trinajstić information content (AvgIpc) is 2.59. The Kier molecular flexibility index (Phi) is 6.63. The smallest absolute Gasteiger partial charge is 0.255 e. The Balaban J connectivity index is 2.30. The van der Waals surface area contributed by atoms with Crippen LogP contribution in [-0.4, -0.2) is 30.4 Å². The van der Waals surface area contributed by atoms with Crippen LogP contribution < -0.4 is 5.32 Å². The zero-order valence-electron chi connectivity index (χ0n) is 15.2. The summed E-state index contributed by atoms with van der Waals surface area (Å²) in [7, 11) is 0. The molecule has 0 radical (unpaired) electrons. The maximum atomic E-state index is 12.4. The van der Waals surface area contributed by atoms with Gasteiger partial charge in [-0.2, -0.15) is 0 Å². The Morgan fingerprint density at radius 3 is 1.88 bits per heavy atom. The third-order valence-corrected chi connectivity index (χ3v) is 3.32. The molecule has 4 heteroatoms. The Morgan fingerprint density at radius 1 is 0.880 bits per heavy atom. The number of amides is 1. The van der Waals surface area contributed by atoms with Crippen LogP contribution in [0.25, 0.3) is 0 Å². The first kappa shape index (κ1) is 18.6. The van der Waals surface area contributed by atoms with Crippen LogP contribution in [-0.2, 0) is 0 Å². The standard InChI is InChI=1S/C21H25N3O/c1-15(2)22-13-17-10-18(14-23-16(3)4)12-20(11-17)24-21(25)19-8-6-5-7-9-19/h5-16H,1-4H3,(H,24,25). The van der Waals surface area contributed by atoms with Crippen LogP contribution in [0.4, 0.5) is 5.69 Å². The average molecular weight is 335 g/mol. The summed E-state index contributed by atoms with van der Waals surface area (Å²) >= 11 is 0. The Morgan fingerprint density at radius 2 is 1.40 bits per heavy atom. The molecule has 0 spiro atoms. The van der Waals surface area contributed by atoms with Crippen LogP contribution >= 0.6 is 0 Å². The molecule has 2 aromatic carbocycles. The number of rotatable bonds is 6. The lowest BCUT2D eigenvalue weighted by Gasteiger charge is -2.08. The minimum atomic E-state index is -0.134. The lowest BCUT2D eigenvalue weighted by Crippen LogP contribution is -2.12. The highest BCUT2D eigenvalue weighted by Gasteiger charge is 2.07. The van der Waals surface area contributed by atoms with Crippen molar-refractivity contribution < 1.29 is 4.79 Å². The van der Waals surface area contributed by atoms with Gasteiger partial charge in [0.05, 0.1) is 0 Å². The summed E-state index contributed by atoms with van der Waals surface area (Å²) in [5.41, 5.74) is 3.22. The molecule has 0 aliphatic rings. The predicted molar refractivity (Wildman–Crippen MR) is 106 cm³/mol. The van der Waals surface area contributed by atoms with Crippen molar-refractivity contribution in [1.29, 1.82) is 0 Å². The maximum Gasteiger partial charge on any atom is 0.255 e. The molecule has 0 unspecified atom stereocenters. The molecule has 25 heavy (non-hydrogen) atoms. The molecule has 2 rings (SSSR count). The Labute approximate surface area is 149 Å². The largest absolute Gasteiger partial charge is 0.322 e. The Hall–Kier alpha value is -2.75.